The van der Waals surface area contributed by atoms with Crippen molar-refractivity contribution < 1.29 is 5.11 Å². The van der Waals surface area contributed by atoms with Gasteiger partial charge in [-0.25, -0.2) is 0 Å². The van der Waals surface area contributed by atoms with Gasteiger partial charge in [-0.15, -0.1) is 0 Å². The van der Waals surface area contributed by atoms with E-state index in [-0.39, 0.29) is 12.6 Å². The quantitative estimate of drug-likeness (QED) is 0.616. The second kappa shape index (κ2) is 2.89. The third-order valence-corrected chi connectivity index (χ3v) is 3.04. The van der Waals surface area contributed by atoms with Crippen LogP contribution in [0.5, 0.6) is 0 Å². The third-order valence-electron chi connectivity index (χ3n) is 3.04. The van der Waals surface area contributed by atoms with E-state index in [4.69, 9.17) is 10.8 Å². The van der Waals surface area contributed by atoms with Gasteiger partial charge in [0.15, 0.2) is 0 Å². The SMILES string of the molecule is CCC1(C(N)CO)CCC1. The summed E-state index contributed by atoms with van der Waals surface area (Å²) in [5, 5.41) is 8.84. The summed E-state index contributed by atoms with van der Waals surface area (Å²) >= 11 is 0. The number of aliphatic hydroxyl groups is 1. The van der Waals surface area contributed by atoms with Crippen LogP contribution in [-0.2, 0) is 0 Å². The van der Waals surface area contributed by atoms with Crippen LogP contribution in [0.1, 0.15) is 32.6 Å². The van der Waals surface area contributed by atoms with E-state index in [0.717, 1.165) is 6.42 Å². The van der Waals surface area contributed by atoms with Gasteiger partial charge in [-0.2, -0.15) is 0 Å². The van der Waals surface area contributed by atoms with Gasteiger partial charge in [-0.05, 0) is 24.7 Å². The van der Waals surface area contributed by atoms with Crippen LogP contribution in [0.3, 0.4) is 0 Å². The molecule has 0 spiro atoms. The van der Waals surface area contributed by atoms with Crippen molar-refractivity contribution in [2.24, 2.45) is 11.1 Å². The smallest absolute Gasteiger partial charge is 0.0587 e. The van der Waals surface area contributed by atoms with Gasteiger partial charge in [-0.3, -0.25) is 0 Å². The Balaban J connectivity index is 2.46. The Morgan fingerprint density at radius 2 is 2.20 bits per heavy atom. The molecule has 0 amide bonds. The summed E-state index contributed by atoms with van der Waals surface area (Å²) in [6.45, 7) is 2.31. The first kappa shape index (κ1) is 8.02. The molecule has 0 aliphatic heterocycles. The van der Waals surface area contributed by atoms with Crippen LogP contribution in [0.15, 0.2) is 0 Å². The molecule has 1 fully saturated rings. The van der Waals surface area contributed by atoms with Gasteiger partial charge in [0.2, 0.25) is 0 Å². The van der Waals surface area contributed by atoms with Crippen molar-refractivity contribution in [3.05, 3.63) is 0 Å². The van der Waals surface area contributed by atoms with Crippen LogP contribution in [0, 0.1) is 5.41 Å². The highest BCUT2D eigenvalue weighted by atomic mass is 16.3. The molecule has 10 heavy (non-hydrogen) atoms. The van der Waals surface area contributed by atoms with Crippen LogP contribution < -0.4 is 5.73 Å². The molecule has 1 aliphatic rings. The molecule has 1 saturated carbocycles. The maximum absolute atomic E-state index is 8.84. The van der Waals surface area contributed by atoms with E-state index in [1.165, 1.54) is 19.3 Å². The molecular weight excluding hydrogens is 126 g/mol. The van der Waals surface area contributed by atoms with Crippen molar-refractivity contribution in [2.75, 3.05) is 6.61 Å². The normalized spacial score (nSPS) is 25.5. The number of hydrogen-bond donors (Lipinski definition) is 2. The largest absolute Gasteiger partial charge is 0.395 e. The molecule has 60 valence electrons. The summed E-state index contributed by atoms with van der Waals surface area (Å²) < 4.78 is 0. The van der Waals surface area contributed by atoms with E-state index in [0.29, 0.717) is 5.41 Å². The molecule has 0 heterocycles. The Bertz CT molecular complexity index is 104. The summed E-state index contributed by atoms with van der Waals surface area (Å²) in [5.41, 5.74) is 6.07. The Morgan fingerprint density at radius 3 is 2.30 bits per heavy atom. The molecule has 0 radical (unpaired) electrons. The van der Waals surface area contributed by atoms with Crippen LogP contribution in [0.2, 0.25) is 0 Å². The van der Waals surface area contributed by atoms with Crippen LogP contribution >= 0.6 is 0 Å². The first-order valence-corrected chi connectivity index (χ1v) is 4.11. The highest BCUT2D eigenvalue weighted by Gasteiger charge is 2.39. The highest BCUT2D eigenvalue weighted by molar-refractivity contribution is 4.94. The summed E-state index contributed by atoms with van der Waals surface area (Å²) in [6.07, 6.45) is 4.84. The Labute approximate surface area is 62.4 Å². The fraction of sp³-hybridized carbons (Fsp3) is 1.00. The minimum atomic E-state index is 0.0197. The second-order valence-corrected chi connectivity index (χ2v) is 3.36. The van der Waals surface area contributed by atoms with E-state index < -0.39 is 0 Å². The molecule has 1 atom stereocenters. The van der Waals surface area contributed by atoms with E-state index in [1.807, 2.05) is 0 Å². The summed E-state index contributed by atoms with van der Waals surface area (Å²) in [5.74, 6) is 0. The zero-order valence-corrected chi connectivity index (χ0v) is 6.64. The molecule has 0 aromatic carbocycles. The minimum absolute atomic E-state index is 0.0197. The molecule has 1 aliphatic carbocycles. The van der Waals surface area contributed by atoms with E-state index in [1.54, 1.807) is 0 Å². The average Bonchev–Trinajstić information content (AvgIpc) is 1.86. The minimum Gasteiger partial charge on any atom is -0.395 e. The van der Waals surface area contributed by atoms with Crippen molar-refractivity contribution in [1.82, 2.24) is 0 Å². The third kappa shape index (κ3) is 1.06. The molecule has 1 unspecified atom stereocenters. The number of rotatable bonds is 3. The van der Waals surface area contributed by atoms with E-state index >= 15 is 0 Å². The molecule has 1 rings (SSSR count). The molecule has 2 heteroatoms. The lowest BCUT2D eigenvalue weighted by molar-refractivity contribution is 0.0558. The van der Waals surface area contributed by atoms with Gasteiger partial charge in [0.1, 0.15) is 0 Å². The van der Waals surface area contributed by atoms with E-state index in [9.17, 15) is 0 Å². The fourth-order valence-corrected chi connectivity index (χ4v) is 1.81. The molecule has 2 nitrogen and oxygen atoms in total. The van der Waals surface area contributed by atoms with Crippen molar-refractivity contribution >= 4 is 0 Å². The van der Waals surface area contributed by atoms with Gasteiger partial charge in [0.05, 0.1) is 6.61 Å². The lowest BCUT2D eigenvalue weighted by Gasteiger charge is -2.45. The standard InChI is InChI=1S/C8H17NO/c1-2-8(4-3-5-8)7(9)6-10/h7,10H,2-6,9H2,1H3. The Hall–Kier alpha value is -0.0800. The van der Waals surface area contributed by atoms with Crippen LogP contribution in [0.25, 0.3) is 0 Å². The van der Waals surface area contributed by atoms with Crippen LogP contribution in [0.4, 0.5) is 0 Å². The number of nitrogens with two attached hydrogens (primary N) is 1. The topological polar surface area (TPSA) is 46.2 Å². The van der Waals surface area contributed by atoms with Crippen LogP contribution in [-0.4, -0.2) is 17.8 Å². The molecular formula is C8H17NO. The van der Waals surface area contributed by atoms with E-state index in [2.05, 4.69) is 6.92 Å². The average molecular weight is 143 g/mol. The number of aliphatic hydroxyl groups excluding tert-OH is 1. The maximum Gasteiger partial charge on any atom is 0.0587 e. The van der Waals surface area contributed by atoms with Gasteiger partial charge < -0.3 is 10.8 Å². The molecule has 0 aromatic rings. The van der Waals surface area contributed by atoms with Gasteiger partial charge in [-0.1, -0.05) is 13.3 Å². The second-order valence-electron chi connectivity index (χ2n) is 3.36. The zero-order valence-electron chi connectivity index (χ0n) is 6.64. The zero-order chi connectivity index (χ0) is 7.61. The van der Waals surface area contributed by atoms with Crippen molar-refractivity contribution in [1.29, 1.82) is 0 Å². The lowest BCUT2D eigenvalue weighted by Crippen LogP contribution is -2.48. The predicted octanol–water partition coefficient (Wildman–Crippen LogP) is 0.886. The fourth-order valence-electron chi connectivity index (χ4n) is 1.81. The Morgan fingerprint density at radius 1 is 1.60 bits per heavy atom. The number of hydrogen-bond acceptors (Lipinski definition) is 2. The molecule has 0 saturated heterocycles. The highest BCUT2D eigenvalue weighted by Crippen LogP contribution is 2.45. The molecule has 3 N–H and O–H groups in total. The summed E-state index contributed by atoms with van der Waals surface area (Å²) in [6, 6.07) is 0.0197. The predicted molar refractivity (Wildman–Crippen MR) is 41.6 cm³/mol. The molecule has 0 bridgehead atoms. The van der Waals surface area contributed by atoms with Crippen molar-refractivity contribution in [3.8, 4) is 0 Å². The maximum atomic E-state index is 8.84. The summed E-state index contributed by atoms with van der Waals surface area (Å²) in [7, 11) is 0. The summed E-state index contributed by atoms with van der Waals surface area (Å²) in [4.78, 5) is 0. The lowest BCUT2D eigenvalue weighted by atomic mass is 9.63. The first-order valence-electron chi connectivity index (χ1n) is 4.11. The van der Waals surface area contributed by atoms with Crippen molar-refractivity contribution in [3.63, 3.8) is 0 Å². The van der Waals surface area contributed by atoms with Gasteiger partial charge in [0, 0.05) is 6.04 Å². The van der Waals surface area contributed by atoms with Crippen molar-refractivity contribution in [2.45, 2.75) is 38.6 Å². The van der Waals surface area contributed by atoms with Gasteiger partial charge in [0.25, 0.3) is 0 Å². The first-order chi connectivity index (χ1) is 4.75. The molecule has 0 aromatic heterocycles. The monoisotopic (exact) mass is 143 g/mol. The van der Waals surface area contributed by atoms with Gasteiger partial charge >= 0.3 is 0 Å². The Kier molecular flexibility index (Phi) is 2.32.